The van der Waals surface area contributed by atoms with Crippen LogP contribution in [-0.4, -0.2) is 19.3 Å². The fraction of sp³-hybridized carbons (Fsp3) is 0.0769. The fourth-order valence-electron chi connectivity index (χ4n) is 1.46. The molecule has 0 aliphatic carbocycles. The molecule has 1 aromatic carbocycles. The first kappa shape index (κ1) is 16.1. The minimum atomic E-state index is -0.686. The Hall–Kier alpha value is -1.27. The lowest BCUT2D eigenvalue weighted by Crippen LogP contribution is -2.02. The molecule has 4 nitrogen and oxygen atoms in total. The fourth-order valence-corrected chi connectivity index (χ4v) is 3.00. The SMILES string of the molecule is COc1c(C(=O)ON=Cc2c(Cl)cccc2Cl)csc1Cl. The molecule has 1 heterocycles. The van der Waals surface area contributed by atoms with Crippen LogP contribution in [0.1, 0.15) is 15.9 Å². The Morgan fingerprint density at radius 2 is 1.95 bits per heavy atom. The maximum Gasteiger partial charge on any atom is 0.370 e. The normalized spacial score (nSPS) is 10.9. The van der Waals surface area contributed by atoms with Gasteiger partial charge in [-0.2, -0.15) is 0 Å². The van der Waals surface area contributed by atoms with E-state index < -0.39 is 5.97 Å². The molecule has 21 heavy (non-hydrogen) atoms. The average molecular weight is 365 g/mol. The van der Waals surface area contributed by atoms with Gasteiger partial charge in [-0.25, -0.2) is 4.79 Å². The van der Waals surface area contributed by atoms with Crippen molar-refractivity contribution in [1.29, 1.82) is 0 Å². The molecule has 0 N–H and O–H groups in total. The van der Waals surface area contributed by atoms with Crippen LogP contribution in [0.2, 0.25) is 14.4 Å². The molecule has 0 amide bonds. The summed E-state index contributed by atoms with van der Waals surface area (Å²) in [4.78, 5) is 16.6. The van der Waals surface area contributed by atoms with Crippen LogP contribution in [0.3, 0.4) is 0 Å². The minimum Gasteiger partial charge on any atom is -0.493 e. The summed E-state index contributed by atoms with van der Waals surface area (Å²) in [5.41, 5.74) is 0.666. The van der Waals surface area contributed by atoms with Crippen molar-refractivity contribution in [2.24, 2.45) is 5.16 Å². The third-order valence-electron chi connectivity index (χ3n) is 2.44. The Morgan fingerprint density at radius 3 is 2.57 bits per heavy atom. The van der Waals surface area contributed by atoms with Gasteiger partial charge in [0.1, 0.15) is 9.90 Å². The van der Waals surface area contributed by atoms with Gasteiger partial charge < -0.3 is 9.57 Å². The van der Waals surface area contributed by atoms with Gasteiger partial charge in [-0.1, -0.05) is 46.0 Å². The number of carbonyl (C=O) groups is 1. The van der Waals surface area contributed by atoms with Gasteiger partial charge in [0.15, 0.2) is 5.75 Å². The van der Waals surface area contributed by atoms with Crippen LogP contribution >= 0.6 is 46.1 Å². The topological polar surface area (TPSA) is 47.9 Å². The van der Waals surface area contributed by atoms with Crippen LogP contribution < -0.4 is 4.74 Å². The summed E-state index contributed by atoms with van der Waals surface area (Å²) in [6.45, 7) is 0. The second-order valence-corrected chi connectivity index (χ2v) is 6.00. The molecule has 110 valence electrons. The van der Waals surface area contributed by atoms with Gasteiger partial charge in [0.05, 0.1) is 23.4 Å². The zero-order chi connectivity index (χ0) is 15.4. The van der Waals surface area contributed by atoms with Crippen molar-refractivity contribution in [1.82, 2.24) is 0 Å². The van der Waals surface area contributed by atoms with Crippen molar-refractivity contribution in [3.63, 3.8) is 0 Å². The van der Waals surface area contributed by atoms with E-state index in [1.165, 1.54) is 18.7 Å². The molecular formula is C13H8Cl3NO3S. The van der Waals surface area contributed by atoms with Gasteiger partial charge >= 0.3 is 5.97 Å². The number of hydrogen-bond acceptors (Lipinski definition) is 5. The molecule has 0 bridgehead atoms. The molecule has 0 aliphatic heterocycles. The van der Waals surface area contributed by atoms with Gasteiger partial charge in [-0.15, -0.1) is 11.3 Å². The Balaban J connectivity index is 2.12. The number of oxime groups is 1. The third-order valence-corrected chi connectivity index (χ3v) is 4.29. The lowest BCUT2D eigenvalue weighted by molar-refractivity contribution is 0.0516. The molecule has 0 saturated heterocycles. The highest BCUT2D eigenvalue weighted by atomic mass is 35.5. The summed E-state index contributed by atoms with van der Waals surface area (Å²) in [6.07, 6.45) is 1.27. The standard InChI is InChI=1S/C13H8Cl3NO3S/c1-19-11-8(6-21-12(11)16)13(18)20-17-5-7-9(14)3-2-4-10(7)15/h2-6H,1H3. The van der Waals surface area contributed by atoms with E-state index in [1.807, 2.05) is 0 Å². The van der Waals surface area contributed by atoms with E-state index in [0.717, 1.165) is 11.3 Å². The summed E-state index contributed by atoms with van der Waals surface area (Å²) in [6, 6.07) is 5.00. The Kier molecular flexibility index (Phi) is 5.47. The monoisotopic (exact) mass is 363 g/mol. The number of halogens is 3. The van der Waals surface area contributed by atoms with Crippen molar-refractivity contribution in [2.45, 2.75) is 0 Å². The van der Waals surface area contributed by atoms with Crippen LogP contribution in [-0.2, 0) is 4.84 Å². The molecule has 0 aliphatic rings. The largest absolute Gasteiger partial charge is 0.493 e. The van der Waals surface area contributed by atoms with E-state index in [4.69, 9.17) is 44.4 Å². The smallest absolute Gasteiger partial charge is 0.370 e. The van der Waals surface area contributed by atoms with Crippen LogP contribution in [0.4, 0.5) is 0 Å². The Labute approximate surface area is 139 Å². The van der Waals surface area contributed by atoms with Crippen LogP contribution in [0, 0.1) is 0 Å². The van der Waals surface area contributed by atoms with Gasteiger partial charge in [0.25, 0.3) is 0 Å². The number of ether oxygens (including phenoxy) is 1. The van der Waals surface area contributed by atoms with E-state index >= 15 is 0 Å². The molecule has 1 aromatic heterocycles. The van der Waals surface area contributed by atoms with Gasteiger partial charge in [0, 0.05) is 10.9 Å². The van der Waals surface area contributed by atoms with Crippen molar-refractivity contribution in [2.75, 3.05) is 7.11 Å². The summed E-state index contributed by atoms with van der Waals surface area (Å²) >= 11 is 19.0. The zero-order valence-corrected chi connectivity index (χ0v) is 13.7. The van der Waals surface area contributed by atoms with E-state index in [9.17, 15) is 4.79 Å². The third kappa shape index (κ3) is 3.68. The van der Waals surface area contributed by atoms with Gasteiger partial charge in [-0.05, 0) is 12.1 Å². The summed E-state index contributed by atoms with van der Waals surface area (Å²) in [5, 5.41) is 5.92. The number of hydrogen-bond donors (Lipinski definition) is 0. The maximum absolute atomic E-state index is 11.9. The first-order valence-corrected chi connectivity index (χ1v) is 7.55. The summed E-state index contributed by atoms with van der Waals surface area (Å²) < 4.78 is 5.39. The quantitative estimate of drug-likeness (QED) is 0.440. The number of thiophene rings is 1. The molecule has 0 spiro atoms. The predicted molar refractivity (Wildman–Crippen MR) is 85.4 cm³/mol. The van der Waals surface area contributed by atoms with Gasteiger partial charge in [-0.3, -0.25) is 0 Å². The van der Waals surface area contributed by atoms with E-state index in [2.05, 4.69) is 5.16 Å². The minimum absolute atomic E-state index is 0.204. The molecule has 0 saturated carbocycles. The van der Waals surface area contributed by atoms with Crippen molar-refractivity contribution in [3.05, 3.63) is 49.1 Å². The molecule has 0 unspecified atom stereocenters. The highest BCUT2D eigenvalue weighted by Gasteiger charge is 2.19. The molecule has 8 heteroatoms. The number of benzene rings is 1. The number of methoxy groups -OCH3 is 1. The second-order valence-electron chi connectivity index (χ2n) is 3.70. The molecule has 0 radical (unpaired) electrons. The molecular weight excluding hydrogens is 357 g/mol. The van der Waals surface area contributed by atoms with Crippen molar-refractivity contribution in [3.8, 4) is 5.75 Å². The summed E-state index contributed by atoms with van der Waals surface area (Å²) in [7, 11) is 1.41. The van der Waals surface area contributed by atoms with Crippen LogP contribution in [0.15, 0.2) is 28.7 Å². The first-order chi connectivity index (χ1) is 10.0. The van der Waals surface area contributed by atoms with Crippen LogP contribution in [0.25, 0.3) is 0 Å². The Morgan fingerprint density at radius 1 is 1.29 bits per heavy atom. The lowest BCUT2D eigenvalue weighted by Gasteiger charge is -2.01. The maximum atomic E-state index is 11.9. The molecule has 2 rings (SSSR count). The van der Waals surface area contributed by atoms with Crippen molar-refractivity contribution < 1.29 is 14.4 Å². The highest BCUT2D eigenvalue weighted by Crippen LogP contribution is 2.35. The lowest BCUT2D eigenvalue weighted by atomic mass is 10.2. The molecule has 2 aromatic rings. The summed E-state index contributed by atoms with van der Waals surface area (Å²) in [5.74, 6) is -0.424. The Bertz CT molecular complexity index is 680. The van der Waals surface area contributed by atoms with E-state index in [1.54, 1.807) is 18.2 Å². The van der Waals surface area contributed by atoms with Crippen LogP contribution in [0.5, 0.6) is 5.75 Å². The highest BCUT2D eigenvalue weighted by molar-refractivity contribution is 7.15. The number of carbonyl (C=O) groups excluding carboxylic acids is 1. The number of rotatable bonds is 4. The second kappa shape index (κ2) is 7.13. The average Bonchev–Trinajstić information content (AvgIpc) is 2.83. The van der Waals surface area contributed by atoms with Gasteiger partial charge in [0.2, 0.25) is 0 Å². The predicted octanol–water partition coefficient (Wildman–Crippen LogP) is 4.91. The molecule has 0 fully saturated rings. The zero-order valence-electron chi connectivity index (χ0n) is 10.6. The van der Waals surface area contributed by atoms with E-state index in [-0.39, 0.29) is 11.3 Å². The van der Waals surface area contributed by atoms with E-state index in [0.29, 0.717) is 19.9 Å². The first-order valence-electron chi connectivity index (χ1n) is 5.54. The molecule has 0 atom stereocenters. The number of nitrogens with zero attached hydrogens (tertiary/aromatic N) is 1. The van der Waals surface area contributed by atoms with Crippen molar-refractivity contribution >= 4 is 58.3 Å².